The van der Waals surface area contributed by atoms with Gasteiger partial charge in [-0.3, -0.25) is 0 Å². The van der Waals surface area contributed by atoms with Crippen LogP contribution in [0.15, 0.2) is 18.2 Å². The molecule has 2 aliphatic rings. The molecule has 2 fully saturated rings. The van der Waals surface area contributed by atoms with Gasteiger partial charge in [-0.2, -0.15) is 0 Å². The van der Waals surface area contributed by atoms with Crippen LogP contribution in [0.2, 0.25) is 0 Å². The van der Waals surface area contributed by atoms with Crippen molar-refractivity contribution in [1.82, 2.24) is 0 Å². The Morgan fingerprint density at radius 3 is 2.90 bits per heavy atom. The predicted molar refractivity (Wildman–Crippen MR) is 83.2 cm³/mol. The molecule has 0 aromatic heterocycles. The summed E-state index contributed by atoms with van der Waals surface area (Å²) in [4.78, 5) is 0. The summed E-state index contributed by atoms with van der Waals surface area (Å²) in [6.45, 7) is 2.92. The first-order valence-corrected chi connectivity index (χ1v) is 8.08. The second kappa shape index (κ2) is 6.10. The molecule has 2 aliphatic carbocycles. The minimum atomic E-state index is 0.361. The summed E-state index contributed by atoms with van der Waals surface area (Å²) in [6.07, 6.45) is 5.64. The van der Waals surface area contributed by atoms with Gasteiger partial charge in [0, 0.05) is 0 Å². The molecule has 0 heterocycles. The zero-order chi connectivity index (χ0) is 13.9. The van der Waals surface area contributed by atoms with Crippen LogP contribution < -0.4 is 4.74 Å². The van der Waals surface area contributed by atoms with E-state index in [0.717, 1.165) is 35.7 Å². The third-order valence-corrected chi connectivity index (χ3v) is 4.90. The predicted octanol–water partition coefficient (Wildman–Crippen LogP) is 4.40. The molecule has 3 unspecified atom stereocenters. The first kappa shape index (κ1) is 13.8. The highest BCUT2D eigenvalue weighted by molar-refractivity contribution is 6.19. The minimum Gasteiger partial charge on any atom is -0.492 e. The lowest BCUT2D eigenvalue weighted by molar-refractivity contribution is 0.195. The van der Waals surface area contributed by atoms with E-state index in [1.165, 1.54) is 31.2 Å². The van der Waals surface area contributed by atoms with Gasteiger partial charge in [0.2, 0.25) is 0 Å². The van der Waals surface area contributed by atoms with E-state index >= 15 is 0 Å². The average molecular weight is 289 g/mol. The fraction of sp³-hybridized carbons (Fsp3) is 0.556. The number of hydrogen-bond donors (Lipinski definition) is 0. The summed E-state index contributed by atoms with van der Waals surface area (Å²) < 4.78 is 6.08. The molecule has 20 heavy (non-hydrogen) atoms. The van der Waals surface area contributed by atoms with Crippen molar-refractivity contribution in [3.05, 3.63) is 29.3 Å². The van der Waals surface area contributed by atoms with E-state index in [1.807, 2.05) is 6.07 Å². The Morgan fingerprint density at radius 1 is 1.30 bits per heavy atom. The van der Waals surface area contributed by atoms with Crippen molar-refractivity contribution in [2.75, 3.05) is 12.5 Å². The lowest BCUT2D eigenvalue weighted by Crippen LogP contribution is -2.18. The maximum Gasteiger partial charge on any atom is 0.134 e. The fourth-order valence-electron chi connectivity index (χ4n) is 3.77. The third-order valence-electron chi connectivity index (χ3n) is 4.76. The van der Waals surface area contributed by atoms with Gasteiger partial charge in [-0.05, 0) is 61.6 Å². The molecule has 0 spiro atoms. The van der Waals surface area contributed by atoms with Crippen LogP contribution in [0.25, 0.3) is 0 Å². The van der Waals surface area contributed by atoms with Crippen LogP contribution in [0, 0.1) is 36.5 Å². The van der Waals surface area contributed by atoms with E-state index < -0.39 is 0 Å². The first-order valence-electron chi connectivity index (χ1n) is 7.54. The van der Waals surface area contributed by atoms with Crippen molar-refractivity contribution in [3.8, 4) is 17.6 Å². The molecular weight excluding hydrogens is 268 g/mol. The number of benzene rings is 1. The van der Waals surface area contributed by atoms with Crippen molar-refractivity contribution in [1.29, 1.82) is 0 Å². The summed E-state index contributed by atoms with van der Waals surface area (Å²) in [5.41, 5.74) is 2.17. The largest absolute Gasteiger partial charge is 0.492 e. The Labute approximate surface area is 126 Å². The van der Waals surface area contributed by atoms with E-state index in [1.54, 1.807) is 0 Å². The van der Waals surface area contributed by atoms with Crippen molar-refractivity contribution in [3.63, 3.8) is 0 Å². The molecule has 0 saturated heterocycles. The number of alkyl halides is 1. The number of fused-ring (bicyclic) bond motifs is 2. The molecule has 0 aliphatic heterocycles. The van der Waals surface area contributed by atoms with Crippen LogP contribution in [0.5, 0.6) is 5.75 Å². The van der Waals surface area contributed by atoms with Gasteiger partial charge in [0.15, 0.2) is 0 Å². The van der Waals surface area contributed by atoms with E-state index in [0.29, 0.717) is 5.88 Å². The van der Waals surface area contributed by atoms with Gasteiger partial charge in [0.05, 0.1) is 18.1 Å². The Bertz CT molecular complexity index is 540. The second-order valence-corrected chi connectivity index (χ2v) is 6.45. The molecule has 3 rings (SSSR count). The summed E-state index contributed by atoms with van der Waals surface area (Å²) >= 11 is 5.65. The zero-order valence-electron chi connectivity index (χ0n) is 12.0. The minimum absolute atomic E-state index is 0.361. The van der Waals surface area contributed by atoms with Crippen molar-refractivity contribution < 1.29 is 4.74 Å². The topological polar surface area (TPSA) is 9.23 Å². The van der Waals surface area contributed by atoms with Gasteiger partial charge in [0.25, 0.3) is 0 Å². The molecule has 0 radical (unpaired) electrons. The third kappa shape index (κ3) is 2.96. The highest BCUT2D eigenvalue weighted by Crippen LogP contribution is 2.48. The maximum absolute atomic E-state index is 6.08. The van der Waals surface area contributed by atoms with Crippen LogP contribution in [-0.2, 0) is 0 Å². The molecule has 2 saturated carbocycles. The van der Waals surface area contributed by atoms with Crippen molar-refractivity contribution >= 4 is 11.6 Å². The van der Waals surface area contributed by atoms with Crippen LogP contribution in [0.4, 0.5) is 0 Å². The molecule has 2 bridgehead atoms. The van der Waals surface area contributed by atoms with Crippen molar-refractivity contribution in [2.24, 2.45) is 17.8 Å². The Kier molecular flexibility index (Phi) is 4.22. The average Bonchev–Trinajstić information content (AvgIpc) is 3.06. The highest BCUT2D eigenvalue weighted by Gasteiger charge is 2.39. The summed E-state index contributed by atoms with van der Waals surface area (Å²) in [7, 11) is 0. The molecule has 3 atom stereocenters. The first-order chi connectivity index (χ1) is 9.76. The molecule has 0 N–H and O–H groups in total. The summed E-state index contributed by atoms with van der Waals surface area (Å²) in [5.74, 6) is 9.94. The molecule has 1 nitrogen and oxygen atoms in total. The van der Waals surface area contributed by atoms with Crippen LogP contribution in [-0.4, -0.2) is 12.5 Å². The van der Waals surface area contributed by atoms with Gasteiger partial charge in [0.1, 0.15) is 5.75 Å². The van der Waals surface area contributed by atoms with Gasteiger partial charge in [-0.25, -0.2) is 0 Å². The van der Waals surface area contributed by atoms with E-state index in [-0.39, 0.29) is 0 Å². The Hall–Kier alpha value is -1.13. The number of ether oxygens (including phenoxy) is 1. The van der Waals surface area contributed by atoms with Gasteiger partial charge in [-0.1, -0.05) is 24.3 Å². The monoisotopic (exact) mass is 288 g/mol. The maximum atomic E-state index is 6.08. The Balaban J connectivity index is 1.67. The van der Waals surface area contributed by atoms with Gasteiger partial charge in [-0.15, -0.1) is 11.6 Å². The number of aryl methyl sites for hydroxylation is 1. The number of rotatable bonds is 3. The molecule has 2 heteroatoms. The molecular formula is C18H21ClO. The van der Waals surface area contributed by atoms with Crippen molar-refractivity contribution in [2.45, 2.75) is 32.6 Å². The lowest BCUT2D eigenvalue weighted by Gasteiger charge is -2.22. The normalized spacial score (nSPS) is 27.2. The van der Waals surface area contributed by atoms with E-state index in [9.17, 15) is 0 Å². The fourth-order valence-corrected chi connectivity index (χ4v) is 3.84. The smallest absolute Gasteiger partial charge is 0.134 e. The second-order valence-electron chi connectivity index (χ2n) is 6.18. The number of hydrogen-bond acceptors (Lipinski definition) is 1. The Morgan fingerprint density at radius 2 is 2.20 bits per heavy atom. The van der Waals surface area contributed by atoms with E-state index in [4.69, 9.17) is 16.3 Å². The standard InChI is InChI=1S/C18H21ClO/c1-13-4-7-18(16(9-13)3-2-8-19)20-12-17-11-14-5-6-15(17)10-14/h4,7,9,14-15,17H,5-6,8,10-12H2,1H3. The quantitative estimate of drug-likeness (QED) is 0.592. The summed E-state index contributed by atoms with van der Waals surface area (Å²) in [5, 5.41) is 0. The number of halogens is 1. The van der Waals surface area contributed by atoms with Gasteiger partial charge < -0.3 is 4.74 Å². The molecule has 1 aromatic carbocycles. The molecule has 0 amide bonds. The van der Waals surface area contributed by atoms with E-state index in [2.05, 4.69) is 30.9 Å². The molecule has 106 valence electrons. The summed E-state index contributed by atoms with van der Waals surface area (Å²) in [6, 6.07) is 6.21. The molecule has 1 aromatic rings. The SMILES string of the molecule is Cc1ccc(OCC2CC3CCC2C3)c(C#CCCl)c1. The zero-order valence-corrected chi connectivity index (χ0v) is 12.7. The van der Waals surface area contributed by atoms with Crippen LogP contribution >= 0.6 is 11.6 Å². The van der Waals surface area contributed by atoms with Crippen LogP contribution in [0.1, 0.15) is 36.8 Å². The highest BCUT2D eigenvalue weighted by atomic mass is 35.5. The van der Waals surface area contributed by atoms with Gasteiger partial charge >= 0.3 is 0 Å². The lowest BCUT2D eigenvalue weighted by atomic mass is 9.89. The van der Waals surface area contributed by atoms with Crippen LogP contribution in [0.3, 0.4) is 0 Å².